The number of nitrogen functional groups attached to an aromatic ring is 1. The molecule has 2 aromatic heterocycles. The maximum Gasteiger partial charge on any atom is 0.332 e. The van der Waals surface area contributed by atoms with Crippen molar-refractivity contribution >= 4 is 16.7 Å². The highest BCUT2D eigenvalue weighted by molar-refractivity contribution is 5.80. The van der Waals surface area contributed by atoms with Gasteiger partial charge in [0.05, 0.1) is 11.0 Å². The Morgan fingerprint density at radius 3 is 2.89 bits per heavy atom. The molecule has 0 radical (unpaired) electrons. The fourth-order valence-electron chi connectivity index (χ4n) is 2.00. The van der Waals surface area contributed by atoms with Crippen LogP contribution >= 0.6 is 0 Å². The first-order valence-corrected chi connectivity index (χ1v) is 5.59. The number of aromatic amines is 1. The zero-order valence-electron chi connectivity index (χ0n) is 9.84. The van der Waals surface area contributed by atoms with Crippen LogP contribution in [0, 0.1) is 6.92 Å². The second-order valence-corrected chi connectivity index (χ2v) is 4.18. The normalized spacial score (nSPS) is 10.9. The highest BCUT2D eigenvalue weighted by Crippen LogP contribution is 2.17. The van der Waals surface area contributed by atoms with Crippen molar-refractivity contribution < 1.29 is 0 Å². The highest BCUT2D eigenvalue weighted by Gasteiger charge is 2.09. The summed E-state index contributed by atoms with van der Waals surface area (Å²) in [6, 6.07) is 10.9. The van der Waals surface area contributed by atoms with Crippen molar-refractivity contribution in [3.05, 3.63) is 52.6 Å². The maximum atomic E-state index is 12.0. The van der Waals surface area contributed by atoms with Crippen LogP contribution in [-0.2, 0) is 0 Å². The molecule has 18 heavy (non-hydrogen) atoms. The number of anilines is 1. The SMILES string of the molecule is Cc1cccc(-n2c(=O)[nH]c3ccc(N)cc32)n1. The molecule has 3 aromatic rings. The van der Waals surface area contributed by atoms with Gasteiger partial charge in [-0.1, -0.05) is 6.07 Å². The number of rotatable bonds is 1. The van der Waals surface area contributed by atoms with E-state index >= 15 is 0 Å². The molecule has 0 atom stereocenters. The number of hydrogen-bond donors (Lipinski definition) is 2. The fourth-order valence-corrected chi connectivity index (χ4v) is 2.00. The van der Waals surface area contributed by atoms with Crippen molar-refractivity contribution in [1.82, 2.24) is 14.5 Å². The van der Waals surface area contributed by atoms with E-state index in [2.05, 4.69) is 9.97 Å². The predicted molar refractivity (Wildman–Crippen MR) is 70.8 cm³/mol. The standard InChI is InChI=1S/C13H12N4O/c1-8-3-2-4-12(15-8)17-11-7-9(14)5-6-10(11)16-13(17)18/h2-7H,14H2,1H3,(H,16,18). The summed E-state index contributed by atoms with van der Waals surface area (Å²) < 4.78 is 1.53. The largest absolute Gasteiger partial charge is 0.399 e. The molecular formula is C13H12N4O. The van der Waals surface area contributed by atoms with Crippen LogP contribution in [0.5, 0.6) is 0 Å². The van der Waals surface area contributed by atoms with Crippen molar-refractivity contribution in [2.24, 2.45) is 0 Å². The molecule has 0 aliphatic heterocycles. The topological polar surface area (TPSA) is 76.7 Å². The molecule has 2 heterocycles. The van der Waals surface area contributed by atoms with Crippen molar-refractivity contribution in [3.8, 4) is 5.82 Å². The average Bonchev–Trinajstić information content (AvgIpc) is 2.64. The molecule has 0 amide bonds. The minimum Gasteiger partial charge on any atom is -0.399 e. The Bertz CT molecular complexity index is 785. The molecule has 3 rings (SSSR count). The van der Waals surface area contributed by atoms with Gasteiger partial charge in [0.2, 0.25) is 0 Å². The van der Waals surface area contributed by atoms with E-state index < -0.39 is 0 Å². The van der Waals surface area contributed by atoms with Gasteiger partial charge in [0.1, 0.15) is 5.82 Å². The fraction of sp³-hybridized carbons (Fsp3) is 0.0769. The van der Waals surface area contributed by atoms with Gasteiger partial charge in [-0.2, -0.15) is 0 Å². The molecule has 5 nitrogen and oxygen atoms in total. The number of aromatic nitrogens is 3. The molecule has 0 aliphatic rings. The van der Waals surface area contributed by atoms with Gasteiger partial charge in [-0.15, -0.1) is 0 Å². The second kappa shape index (κ2) is 3.73. The van der Waals surface area contributed by atoms with Gasteiger partial charge in [0.25, 0.3) is 0 Å². The zero-order chi connectivity index (χ0) is 12.7. The smallest absolute Gasteiger partial charge is 0.332 e. The van der Waals surface area contributed by atoms with Crippen molar-refractivity contribution in [3.63, 3.8) is 0 Å². The third-order valence-electron chi connectivity index (χ3n) is 2.81. The zero-order valence-corrected chi connectivity index (χ0v) is 9.84. The number of pyridine rings is 1. The first-order chi connectivity index (χ1) is 8.65. The van der Waals surface area contributed by atoms with Crippen molar-refractivity contribution in [2.75, 3.05) is 5.73 Å². The lowest BCUT2D eigenvalue weighted by Gasteiger charge is -2.03. The van der Waals surface area contributed by atoms with Crippen LogP contribution in [0.15, 0.2) is 41.2 Å². The molecule has 0 saturated heterocycles. The summed E-state index contributed by atoms with van der Waals surface area (Å²) in [5.74, 6) is 0.594. The van der Waals surface area contributed by atoms with E-state index in [-0.39, 0.29) is 5.69 Å². The monoisotopic (exact) mass is 240 g/mol. The molecule has 90 valence electrons. The van der Waals surface area contributed by atoms with Crippen LogP contribution in [-0.4, -0.2) is 14.5 Å². The van der Waals surface area contributed by atoms with E-state index in [1.54, 1.807) is 24.3 Å². The molecular weight excluding hydrogens is 228 g/mol. The Morgan fingerprint density at radius 2 is 2.11 bits per heavy atom. The molecule has 1 aromatic carbocycles. The molecule has 0 saturated carbocycles. The average molecular weight is 240 g/mol. The minimum absolute atomic E-state index is 0.214. The number of benzene rings is 1. The Morgan fingerprint density at radius 1 is 1.28 bits per heavy atom. The number of imidazole rings is 1. The number of fused-ring (bicyclic) bond motifs is 1. The Labute approximate surface area is 103 Å². The number of nitrogens with zero attached hydrogens (tertiary/aromatic N) is 2. The van der Waals surface area contributed by atoms with Gasteiger partial charge in [-0.05, 0) is 37.3 Å². The van der Waals surface area contributed by atoms with Crippen molar-refractivity contribution in [1.29, 1.82) is 0 Å². The van der Waals surface area contributed by atoms with Crippen LogP contribution in [0.1, 0.15) is 5.69 Å². The van der Waals surface area contributed by atoms with E-state index in [1.807, 2.05) is 19.1 Å². The number of aryl methyl sites for hydroxylation is 1. The van der Waals surface area contributed by atoms with E-state index in [0.29, 0.717) is 11.5 Å². The van der Waals surface area contributed by atoms with Crippen LogP contribution in [0.2, 0.25) is 0 Å². The summed E-state index contributed by atoms with van der Waals surface area (Å²) in [4.78, 5) is 19.1. The summed E-state index contributed by atoms with van der Waals surface area (Å²) >= 11 is 0. The van der Waals surface area contributed by atoms with Crippen LogP contribution < -0.4 is 11.4 Å². The minimum atomic E-state index is -0.214. The van der Waals surface area contributed by atoms with Gasteiger partial charge in [-0.25, -0.2) is 14.3 Å². The first kappa shape index (κ1) is 10.6. The number of nitrogens with two attached hydrogens (primary N) is 1. The molecule has 3 N–H and O–H groups in total. The van der Waals surface area contributed by atoms with Crippen LogP contribution in [0.3, 0.4) is 0 Å². The van der Waals surface area contributed by atoms with Gasteiger partial charge in [-0.3, -0.25) is 0 Å². The summed E-state index contributed by atoms with van der Waals surface area (Å²) in [6.45, 7) is 1.89. The van der Waals surface area contributed by atoms with E-state index in [0.717, 1.165) is 16.7 Å². The van der Waals surface area contributed by atoms with Crippen molar-refractivity contribution in [2.45, 2.75) is 6.92 Å². The summed E-state index contributed by atoms with van der Waals surface area (Å²) in [5, 5.41) is 0. The lowest BCUT2D eigenvalue weighted by Crippen LogP contribution is -2.16. The van der Waals surface area contributed by atoms with Gasteiger partial charge < -0.3 is 10.7 Å². The molecule has 0 spiro atoms. The third kappa shape index (κ3) is 1.57. The Balaban J connectivity index is 2.38. The van der Waals surface area contributed by atoms with E-state index in [9.17, 15) is 4.79 Å². The van der Waals surface area contributed by atoms with Gasteiger partial charge in [0, 0.05) is 11.4 Å². The molecule has 0 aliphatic carbocycles. The number of hydrogen-bond acceptors (Lipinski definition) is 3. The van der Waals surface area contributed by atoms with E-state index in [1.165, 1.54) is 4.57 Å². The summed E-state index contributed by atoms with van der Waals surface area (Å²) in [6.07, 6.45) is 0. The van der Waals surface area contributed by atoms with Gasteiger partial charge in [0.15, 0.2) is 0 Å². The van der Waals surface area contributed by atoms with Crippen LogP contribution in [0.25, 0.3) is 16.9 Å². The molecule has 0 fully saturated rings. The first-order valence-electron chi connectivity index (χ1n) is 5.59. The Hall–Kier alpha value is -2.56. The highest BCUT2D eigenvalue weighted by atomic mass is 16.1. The second-order valence-electron chi connectivity index (χ2n) is 4.18. The number of nitrogens with one attached hydrogen (secondary N) is 1. The number of H-pyrrole nitrogens is 1. The Kier molecular flexibility index (Phi) is 2.19. The lowest BCUT2D eigenvalue weighted by atomic mass is 10.3. The van der Waals surface area contributed by atoms with Crippen LogP contribution in [0.4, 0.5) is 5.69 Å². The molecule has 0 unspecified atom stereocenters. The lowest BCUT2D eigenvalue weighted by molar-refractivity contribution is 0.953. The molecule has 5 heteroatoms. The maximum absolute atomic E-state index is 12.0. The quantitative estimate of drug-likeness (QED) is 0.634. The summed E-state index contributed by atoms with van der Waals surface area (Å²) in [5.41, 5.74) is 8.50. The predicted octanol–water partition coefficient (Wildman–Crippen LogP) is 1.60. The van der Waals surface area contributed by atoms with Gasteiger partial charge >= 0.3 is 5.69 Å². The van der Waals surface area contributed by atoms with E-state index in [4.69, 9.17) is 5.73 Å². The molecule has 0 bridgehead atoms. The summed E-state index contributed by atoms with van der Waals surface area (Å²) in [7, 11) is 0. The third-order valence-corrected chi connectivity index (χ3v) is 2.81.